The number of methoxy groups -OCH3 is 1. The number of aliphatic hydroxyl groups is 1. The number of rotatable bonds is 5. The molecule has 2 N–H and O–H groups in total. The molecule has 33 heavy (non-hydrogen) atoms. The van der Waals surface area contributed by atoms with Crippen molar-refractivity contribution in [1.82, 2.24) is 4.90 Å². The summed E-state index contributed by atoms with van der Waals surface area (Å²) in [4.78, 5) is 38.2. The lowest BCUT2D eigenvalue weighted by Gasteiger charge is -2.31. The van der Waals surface area contributed by atoms with Crippen molar-refractivity contribution in [2.75, 3.05) is 20.3 Å². The molecule has 9 heteroatoms. The predicted molar refractivity (Wildman–Crippen MR) is 114 cm³/mol. The van der Waals surface area contributed by atoms with E-state index in [0.29, 0.717) is 28.9 Å². The molecule has 2 heterocycles. The number of aliphatic hydroxyl groups excluding tert-OH is 1. The van der Waals surface area contributed by atoms with Gasteiger partial charge in [-0.25, -0.2) is 9.18 Å². The van der Waals surface area contributed by atoms with E-state index in [4.69, 9.17) is 4.74 Å². The highest BCUT2D eigenvalue weighted by atomic mass is 19.1. The van der Waals surface area contributed by atoms with Crippen molar-refractivity contribution in [3.8, 4) is 5.75 Å². The van der Waals surface area contributed by atoms with E-state index in [1.165, 1.54) is 12.1 Å². The molecule has 2 fully saturated rings. The van der Waals surface area contributed by atoms with Gasteiger partial charge in [0, 0.05) is 5.92 Å². The number of fused-ring (bicyclic) bond motifs is 3. The number of benzene rings is 1. The van der Waals surface area contributed by atoms with E-state index >= 15 is 0 Å². The molecule has 176 valence electrons. The Labute approximate surface area is 190 Å². The Morgan fingerprint density at radius 2 is 2.06 bits per heavy atom. The lowest BCUT2D eigenvalue weighted by atomic mass is 9.69. The lowest BCUT2D eigenvalue weighted by molar-refractivity contribution is -0.137. The Hall–Kier alpha value is -3.04. The zero-order chi connectivity index (χ0) is 23.9. The van der Waals surface area contributed by atoms with E-state index in [0.717, 1.165) is 18.3 Å². The number of imide groups is 3. The molecule has 3 amide bonds. The number of likely N-dealkylation sites (tertiary alicyclic amines) is 1. The third-order valence-corrected chi connectivity index (χ3v) is 6.74. The monoisotopic (exact) mass is 459 g/mol. The summed E-state index contributed by atoms with van der Waals surface area (Å²) in [5.41, 5.74) is 3.12. The summed E-state index contributed by atoms with van der Waals surface area (Å²) in [6.07, 6.45) is 1.91. The highest BCUT2D eigenvalue weighted by molar-refractivity contribution is 6.16. The largest absolute Gasteiger partial charge is 0.505 e. The predicted octanol–water partition coefficient (Wildman–Crippen LogP) is 2.79. The van der Waals surface area contributed by atoms with Crippen molar-refractivity contribution in [3.63, 3.8) is 0 Å². The van der Waals surface area contributed by atoms with Gasteiger partial charge in [0.1, 0.15) is 0 Å². The van der Waals surface area contributed by atoms with Gasteiger partial charge in [0.05, 0.1) is 38.3 Å². The number of allylic oxidation sites excluding steroid dienone is 1. The van der Waals surface area contributed by atoms with Crippen LogP contribution < -0.4 is 0 Å². The fourth-order valence-electron chi connectivity index (χ4n) is 5.22. The Balaban J connectivity index is 1.51. The molecule has 1 aliphatic carbocycles. The van der Waals surface area contributed by atoms with Gasteiger partial charge in [0.15, 0.2) is 11.6 Å². The van der Waals surface area contributed by atoms with Gasteiger partial charge in [-0.05, 0) is 55.0 Å². The van der Waals surface area contributed by atoms with E-state index in [9.17, 15) is 29.0 Å². The van der Waals surface area contributed by atoms with E-state index in [1.54, 1.807) is 6.07 Å². The van der Waals surface area contributed by atoms with Crippen LogP contribution >= 0.6 is 0 Å². The zero-order valence-corrected chi connectivity index (χ0v) is 18.4. The average molecular weight is 459 g/mol. The van der Waals surface area contributed by atoms with Gasteiger partial charge in [0.25, 0.3) is 0 Å². The van der Waals surface area contributed by atoms with E-state index in [1.807, 2.05) is 13.0 Å². The highest BCUT2D eigenvalue weighted by Crippen LogP contribution is 2.49. The van der Waals surface area contributed by atoms with Crippen LogP contribution in [0.25, 0.3) is 6.08 Å². The molecule has 1 aromatic rings. The molecule has 1 aromatic carbocycles. The van der Waals surface area contributed by atoms with Crippen LogP contribution in [0.4, 0.5) is 9.18 Å². The van der Waals surface area contributed by atoms with Crippen LogP contribution in [0.5, 0.6) is 5.75 Å². The van der Waals surface area contributed by atoms with Crippen molar-refractivity contribution >= 4 is 24.0 Å². The first-order valence-corrected chi connectivity index (χ1v) is 10.8. The summed E-state index contributed by atoms with van der Waals surface area (Å²) >= 11 is 0. The van der Waals surface area contributed by atoms with Crippen LogP contribution in [-0.4, -0.2) is 59.4 Å². The number of phenols is 1. The second-order valence-electron chi connectivity index (χ2n) is 8.70. The number of hydrogen-bond acceptors (Lipinski definition) is 7. The second-order valence-corrected chi connectivity index (χ2v) is 8.70. The number of phenolic OH excluding ortho intramolecular Hbond substituents is 1. The highest BCUT2D eigenvalue weighted by Gasteiger charge is 2.58. The third kappa shape index (κ3) is 4.06. The molecule has 0 aromatic heterocycles. The van der Waals surface area contributed by atoms with Gasteiger partial charge in [0.2, 0.25) is 11.8 Å². The minimum Gasteiger partial charge on any atom is -0.505 e. The van der Waals surface area contributed by atoms with Crippen molar-refractivity contribution in [3.05, 3.63) is 46.3 Å². The number of carbonyl (C=O) groups excluding carboxylic acids is 3. The topological polar surface area (TPSA) is 113 Å². The van der Waals surface area contributed by atoms with Crippen LogP contribution in [0.1, 0.15) is 31.7 Å². The van der Waals surface area contributed by atoms with Crippen LogP contribution in [0.15, 0.2) is 34.9 Å². The molecule has 2 aliphatic heterocycles. The van der Waals surface area contributed by atoms with Gasteiger partial charge in [-0.2, -0.15) is 4.90 Å². The maximum atomic E-state index is 13.6. The molecule has 8 nitrogen and oxygen atoms in total. The number of carbonyl (C=O) groups is 3. The molecule has 0 bridgehead atoms. The van der Waals surface area contributed by atoms with Gasteiger partial charge in [-0.15, -0.1) is 0 Å². The van der Waals surface area contributed by atoms with Gasteiger partial charge in [-0.1, -0.05) is 17.7 Å². The van der Waals surface area contributed by atoms with Gasteiger partial charge >= 0.3 is 6.09 Å². The summed E-state index contributed by atoms with van der Waals surface area (Å²) < 4.78 is 24.2. The number of nitrogens with zero attached hydrogens (tertiary/aromatic N) is 1. The van der Waals surface area contributed by atoms with Crippen LogP contribution in [0.3, 0.4) is 0 Å². The summed E-state index contributed by atoms with van der Waals surface area (Å²) in [6.45, 7) is 1.88. The fourth-order valence-corrected chi connectivity index (χ4v) is 5.22. The molecule has 0 radical (unpaired) electrons. The summed E-state index contributed by atoms with van der Waals surface area (Å²) in [5.74, 6) is -4.05. The van der Waals surface area contributed by atoms with E-state index < -0.39 is 41.3 Å². The second kappa shape index (κ2) is 9.07. The maximum Gasteiger partial charge on any atom is 0.423 e. The number of halogens is 1. The Kier molecular flexibility index (Phi) is 6.36. The molecule has 0 spiro atoms. The third-order valence-electron chi connectivity index (χ3n) is 6.74. The standard InChI is InChI=1S/C24H26FNO7/c1-12(7-13-4-5-18(28)17(25)8-13)3-6-19-20-14(10-27)9-15-21(16(20)11-33-19)23(30)26(22(15)29)24(31)32-2/h4-5,7-8,15-16,19,21,27-28H,3,6,9-11H2,1-2H3/b12-7+/t15-,16+,19-,21-/m1/s1. The molecule has 2 saturated heterocycles. The summed E-state index contributed by atoms with van der Waals surface area (Å²) in [5, 5.41) is 19.3. The lowest BCUT2D eigenvalue weighted by Crippen LogP contribution is -2.38. The summed E-state index contributed by atoms with van der Waals surface area (Å²) in [7, 11) is 1.12. The molecular formula is C24H26FNO7. The number of ether oxygens (including phenoxy) is 2. The number of aromatic hydroxyl groups is 1. The fraction of sp³-hybridized carbons (Fsp3) is 0.458. The average Bonchev–Trinajstić information content (AvgIpc) is 3.32. The maximum absolute atomic E-state index is 13.6. The first-order chi connectivity index (χ1) is 15.8. The van der Waals surface area contributed by atoms with Crippen LogP contribution in [0.2, 0.25) is 0 Å². The van der Waals surface area contributed by atoms with Crippen LogP contribution in [-0.2, 0) is 19.1 Å². The van der Waals surface area contributed by atoms with Crippen molar-refractivity contribution in [2.24, 2.45) is 17.8 Å². The first kappa shape index (κ1) is 23.1. The Morgan fingerprint density at radius 1 is 1.30 bits per heavy atom. The smallest absolute Gasteiger partial charge is 0.423 e. The van der Waals surface area contributed by atoms with Gasteiger partial charge in [-0.3, -0.25) is 9.59 Å². The van der Waals surface area contributed by atoms with Gasteiger partial charge < -0.3 is 19.7 Å². The normalized spacial score (nSPS) is 27.2. The van der Waals surface area contributed by atoms with E-state index in [2.05, 4.69) is 4.74 Å². The SMILES string of the molecule is COC(=O)N1C(=O)[C@@H]2[C@@H](CC(CO)=C3[C@@H](CC/C(C)=C/c4ccc(O)c(F)c4)OC[C@@H]32)C1=O. The molecule has 4 rings (SSSR count). The molecule has 0 saturated carbocycles. The quantitative estimate of drug-likeness (QED) is 0.514. The molecule has 4 atom stereocenters. The Morgan fingerprint density at radius 3 is 2.73 bits per heavy atom. The number of hydrogen-bond donors (Lipinski definition) is 2. The minimum absolute atomic E-state index is 0.201. The first-order valence-electron chi connectivity index (χ1n) is 10.8. The van der Waals surface area contributed by atoms with Crippen molar-refractivity contribution in [2.45, 2.75) is 32.3 Å². The molecule has 3 aliphatic rings. The van der Waals surface area contributed by atoms with Crippen LogP contribution in [0, 0.1) is 23.6 Å². The zero-order valence-electron chi connectivity index (χ0n) is 18.4. The Bertz CT molecular complexity index is 1060. The van der Waals surface area contributed by atoms with E-state index in [-0.39, 0.29) is 31.7 Å². The minimum atomic E-state index is -0.992. The number of amides is 3. The van der Waals surface area contributed by atoms with Crippen molar-refractivity contribution < 1.29 is 38.5 Å². The van der Waals surface area contributed by atoms with Crippen molar-refractivity contribution in [1.29, 1.82) is 0 Å². The summed E-state index contributed by atoms with van der Waals surface area (Å²) in [6, 6.07) is 4.17. The molecule has 0 unspecified atom stereocenters. The molecular weight excluding hydrogens is 433 g/mol.